The van der Waals surface area contributed by atoms with Gasteiger partial charge in [-0.25, -0.2) is 4.39 Å². The third kappa shape index (κ3) is 3.34. The van der Waals surface area contributed by atoms with E-state index in [4.69, 9.17) is 4.74 Å². The predicted molar refractivity (Wildman–Crippen MR) is 100 cm³/mol. The number of hydrogen-bond acceptors (Lipinski definition) is 4. The molecule has 1 aromatic rings. The molecule has 27 heavy (non-hydrogen) atoms. The van der Waals surface area contributed by atoms with Crippen molar-refractivity contribution in [3.05, 3.63) is 29.6 Å². The van der Waals surface area contributed by atoms with E-state index < -0.39 is 5.82 Å². The minimum Gasteiger partial charge on any atom is -0.494 e. The first-order valence-corrected chi connectivity index (χ1v) is 10.0. The quantitative estimate of drug-likeness (QED) is 0.877. The maximum atomic E-state index is 13.9. The van der Waals surface area contributed by atoms with Crippen molar-refractivity contribution < 1.29 is 19.0 Å². The molecule has 1 N–H and O–H groups in total. The molecule has 1 unspecified atom stereocenters. The van der Waals surface area contributed by atoms with Gasteiger partial charge < -0.3 is 14.7 Å². The van der Waals surface area contributed by atoms with Gasteiger partial charge in [0.15, 0.2) is 11.6 Å². The summed E-state index contributed by atoms with van der Waals surface area (Å²) in [7, 11) is 1.41. The van der Waals surface area contributed by atoms with E-state index in [1.807, 2.05) is 4.90 Å². The fourth-order valence-electron chi connectivity index (χ4n) is 5.06. The molecule has 6 heteroatoms. The van der Waals surface area contributed by atoms with Crippen LogP contribution in [0.4, 0.5) is 4.39 Å². The Morgan fingerprint density at radius 1 is 1.33 bits per heavy atom. The Morgan fingerprint density at radius 2 is 2.07 bits per heavy atom. The van der Waals surface area contributed by atoms with Gasteiger partial charge in [0.2, 0.25) is 0 Å². The second-order valence-corrected chi connectivity index (χ2v) is 8.40. The van der Waals surface area contributed by atoms with E-state index in [9.17, 15) is 14.3 Å². The summed E-state index contributed by atoms with van der Waals surface area (Å²) >= 11 is 0. The summed E-state index contributed by atoms with van der Waals surface area (Å²) in [5, 5.41) is 9.95. The van der Waals surface area contributed by atoms with Gasteiger partial charge >= 0.3 is 0 Å². The lowest BCUT2D eigenvalue weighted by molar-refractivity contribution is 0.0385. The highest BCUT2D eigenvalue weighted by Crippen LogP contribution is 2.47. The number of aliphatic hydroxyl groups is 1. The number of aliphatic hydroxyl groups excluding tert-OH is 1. The minimum atomic E-state index is -0.510. The molecule has 5 nitrogen and oxygen atoms in total. The number of amides is 1. The highest BCUT2D eigenvalue weighted by atomic mass is 19.1. The number of benzene rings is 1. The van der Waals surface area contributed by atoms with Gasteiger partial charge in [0.05, 0.1) is 7.11 Å². The lowest BCUT2D eigenvalue weighted by Crippen LogP contribution is -2.47. The topological polar surface area (TPSA) is 53.0 Å². The molecule has 0 bridgehead atoms. The molecule has 0 aromatic heterocycles. The van der Waals surface area contributed by atoms with Gasteiger partial charge in [-0.05, 0) is 49.3 Å². The zero-order chi connectivity index (χ0) is 19.0. The van der Waals surface area contributed by atoms with E-state index in [1.165, 1.54) is 38.5 Å². The van der Waals surface area contributed by atoms with E-state index in [2.05, 4.69) is 4.90 Å². The number of carbonyl (C=O) groups is 1. The predicted octanol–water partition coefficient (Wildman–Crippen LogP) is 2.53. The van der Waals surface area contributed by atoms with Gasteiger partial charge in [-0.1, -0.05) is 6.42 Å². The first-order chi connectivity index (χ1) is 13.1. The van der Waals surface area contributed by atoms with Crippen molar-refractivity contribution >= 4 is 5.91 Å². The summed E-state index contributed by atoms with van der Waals surface area (Å²) < 4.78 is 18.9. The second kappa shape index (κ2) is 7.40. The van der Waals surface area contributed by atoms with Gasteiger partial charge in [-0.2, -0.15) is 0 Å². The van der Waals surface area contributed by atoms with Crippen LogP contribution in [0.1, 0.15) is 42.5 Å². The van der Waals surface area contributed by atoms with Crippen LogP contribution >= 0.6 is 0 Å². The fourth-order valence-corrected chi connectivity index (χ4v) is 5.06. The van der Waals surface area contributed by atoms with Crippen molar-refractivity contribution in [1.29, 1.82) is 0 Å². The van der Waals surface area contributed by atoms with Crippen LogP contribution in [0.5, 0.6) is 5.75 Å². The Bertz CT molecular complexity index is 699. The lowest BCUT2D eigenvalue weighted by atomic mass is 9.71. The summed E-state index contributed by atoms with van der Waals surface area (Å²) in [6.07, 6.45) is 5.69. The maximum absolute atomic E-state index is 13.9. The molecule has 2 saturated heterocycles. The van der Waals surface area contributed by atoms with Gasteiger partial charge in [0.1, 0.15) is 0 Å². The Morgan fingerprint density at radius 3 is 2.63 bits per heavy atom. The van der Waals surface area contributed by atoms with Crippen molar-refractivity contribution in [3.8, 4) is 5.75 Å². The largest absolute Gasteiger partial charge is 0.494 e. The number of rotatable bonds is 4. The fraction of sp³-hybridized carbons (Fsp3) is 0.667. The Labute approximate surface area is 160 Å². The normalized spacial score (nSPS) is 25.6. The minimum absolute atomic E-state index is 0.117. The van der Waals surface area contributed by atoms with Crippen LogP contribution in [-0.2, 0) is 0 Å². The number of likely N-dealkylation sites (tertiary alicyclic amines) is 2. The molecule has 1 saturated carbocycles. The summed E-state index contributed by atoms with van der Waals surface area (Å²) in [6.45, 7) is 3.59. The van der Waals surface area contributed by atoms with Crippen molar-refractivity contribution in [3.63, 3.8) is 0 Å². The maximum Gasteiger partial charge on any atom is 0.253 e. The molecule has 3 aliphatic rings. The Kier molecular flexibility index (Phi) is 5.12. The molecule has 1 aromatic carbocycles. The number of halogens is 1. The molecule has 148 valence electrons. The molecule has 1 atom stereocenters. The van der Waals surface area contributed by atoms with Gasteiger partial charge in [0, 0.05) is 50.3 Å². The summed E-state index contributed by atoms with van der Waals surface area (Å²) in [5.74, 6) is -0.185. The lowest BCUT2D eigenvalue weighted by Gasteiger charge is -2.43. The molecule has 2 aliphatic heterocycles. The molecule has 0 radical (unpaired) electrons. The van der Waals surface area contributed by atoms with Crippen LogP contribution in [0.25, 0.3) is 0 Å². The molecule has 2 heterocycles. The molecule has 1 spiro atoms. The molecular formula is C21H29FN2O3. The van der Waals surface area contributed by atoms with E-state index in [0.29, 0.717) is 30.6 Å². The number of methoxy groups -OCH3 is 1. The number of piperidine rings is 1. The van der Waals surface area contributed by atoms with E-state index in [1.54, 1.807) is 6.07 Å². The average Bonchev–Trinajstić information content (AvgIpc) is 2.97. The van der Waals surface area contributed by atoms with Crippen molar-refractivity contribution in [2.45, 2.75) is 38.1 Å². The van der Waals surface area contributed by atoms with E-state index in [-0.39, 0.29) is 23.7 Å². The average molecular weight is 376 g/mol. The van der Waals surface area contributed by atoms with Crippen LogP contribution in [0.2, 0.25) is 0 Å². The van der Waals surface area contributed by atoms with E-state index >= 15 is 0 Å². The highest BCUT2D eigenvalue weighted by Gasteiger charge is 2.49. The highest BCUT2D eigenvalue weighted by molar-refractivity contribution is 5.94. The number of hydrogen-bond donors (Lipinski definition) is 1. The first-order valence-electron chi connectivity index (χ1n) is 10.0. The number of ether oxygens (including phenoxy) is 1. The van der Waals surface area contributed by atoms with Crippen molar-refractivity contribution in [2.24, 2.45) is 11.3 Å². The van der Waals surface area contributed by atoms with E-state index in [0.717, 1.165) is 25.9 Å². The van der Waals surface area contributed by atoms with Crippen LogP contribution < -0.4 is 4.74 Å². The molecule has 3 fully saturated rings. The number of nitrogens with zero attached hydrogens (tertiary/aromatic N) is 2. The third-order valence-electron chi connectivity index (χ3n) is 7.10. The van der Waals surface area contributed by atoms with Crippen LogP contribution in [-0.4, -0.2) is 66.8 Å². The third-order valence-corrected chi connectivity index (χ3v) is 7.10. The van der Waals surface area contributed by atoms with Crippen molar-refractivity contribution in [1.82, 2.24) is 9.80 Å². The molecular weight excluding hydrogens is 347 g/mol. The smallest absolute Gasteiger partial charge is 0.253 e. The van der Waals surface area contributed by atoms with Crippen LogP contribution in [0.3, 0.4) is 0 Å². The zero-order valence-corrected chi connectivity index (χ0v) is 16.0. The second-order valence-electron chi connectivity index (χ2n) is 8.40. The van der Waals surface area contributed by atoms with Gasteiger partial charge in [-0.3, -0.25) is 9.69 Å². The van der Waals surface area contributed by atoms with Crippen LogP contribution in [0, 0.1) is 17.2 Å². The number of carbonyl (C=O) groups excluding carboxylic acids is 1. The molecule has 1 aliphatic carbocycles. The summed E-state index contributed by atoms with van der Waals surface area (Å²) in [5.41, 5.74) is 0.484. The zero-order valence-electron chi connectivity index (χ0n) is 16.0. The van der Waals surface area contributed by atoms with Crippen molar-refractivity contribution in [2.75, 3.05) is 39.9 Å². The van der Waals surface area contributed by atoms with Gasteiger partial charge in [0.25, 0.3) is 5.91 Å². The molecule has 4 rings (SSSR count). The Hall–Kier alpha value is -1.66. The Balaban J connectivity index is 1.42. The summed E-state index contributed by atoms with van der Waals surface area (Å²) in [6, 6.07) is 5.08. The summed E-state index contributed by atoms with van der Waals surface area (Å²) in [4.78, 5) is 17.2. The van der Waals surface area contributed by atoms with Crippen LogP contribution in [0.15, 0.2) is 18.2 Å². The SMILES string of the molecule is COc1ccc(C(=O)N2CCC3(CC2)CN(C2CCC2)CC3CO)cc1F. The first kappa shape index (κ1) is 18.7. The monoisotopic (exact) mass is 376 g/mol. The standard InChI is InChI=1S/C21H29FN2O3/c1-27-19-6-5-15(11-18(19)22)20(26)23-9-7-21(8-10-23)14-24(12-16(21)13-25)17-3-2-4-17/h5-6,11,16-17,25H,2-4,7-10,12-14H2,1H3. The molecule has 1 amide bonds. The van der Waals surface area contributed by atoms with Gasteiger partial charge in [-0.15, -0.1) is 0 Å².